The highest BCUT2D eigenvalue weighted by molar-refractivity contribution is 5.97. The number of anilines is 1. The Balaban J connectivity index is 1.41. The van der Waals surface area contributed by atoms with Crippen molar-refractivity contribution in [3.8, 4) is 28.8 Å². The number of hydrogen-bond acceptors (Lipinski definition) is 10. The summed E-state index contributed by atoms with van der Waals surface area (Å²) in [5.41, 5.74) is 2.71. The van der Waals surface area contributed by atoms with E-state index in [0.717, 1.165) is 24.0 Å². The number of carbonyl (C=O) groups excluding carboxylic acids is 2. The number of hydrogen-bond donors (Lipinski definition) is 1. The molecule has 0 aliphatic carbocycles. The first-order valence-electron chi connectivity index (χ1n) is 13.1. The van der Waals surface area contributed by atoms with Gasteiger partial charge in [0, 0.05) is 43.3 Å². The molecular formula is C30H29N7O4. The zero-order valence-electron chi connectivity index (χ0n) is 23.0. The first kappa shape index (κ1) is 27.5. The fraction of sp³-hybridized carbons (Fsp3) is 0.267. The molecule has 208 valence electrons. The molecule has 1 N–H and O–H groups in total. The summed E-state index contributed by atoms with van der Waals surface area (Å²) in [6.07, 6.45) is 3.07. The van der Waals surface area contributed by atoms with E-state index < -0.39 is 12.0 Å². The van der Waals surface area contributed by atoms with Gasteiger partial charge in [-0.1, -0.05) is 6.07 Å². The number of esters is 1. The van der Waals surface area contributed by atoms with Crippen LogP contribution in [0, 0.1) is 11.3 Å². The standard InChI is InChI=1S/C30H29N7O4/c1-19(29(38)37-12-10-36(2)11-13-37)35-27-24-14-21(6-9-26(24)33-18-34-27)22-15-25(28(40-3)32-17-22)30(39)41-23-7-4-20(16-31)5-8-23/h4-9,14-15,17-19H,10-13H2,1-3H3,(H,33,34,35)/t19-/m0/s1. The number of nitrogens with one attached hydrogen (secondary N) is 1. The first-order valence-corrected chi connectivity index (χ1v) is 13.1. The molecule has 0 unspecified atom stereocenters. The molecule has 1 saturated heterocycles. The summed E-state index contributed by atoms with van der Waals surface area (Å²) in [6, 6.07) is 15.0. The van der Waals surface area contributed by atoms with Gasteiger partial charge in [0.05, 0.1) is 24.3 Å². The maximum absolute atomic E-state index is 13.1. The highest BCUT2D eigenvalue weighted by Crippen LogP contribution is 2.30. The van der Waals surface area contributed by atoms with Crippen molar-refractivity contribution in [2.24, 2.45) is 0 Å². The third-order valence-corrected chi connectivity index (χ3v) is 6.97. The number of carbonyl (C=O) groups is 2. The molecule has 1 aliphatic heterocycles. The number of methoxy groups -OCH3 is 1. The summed E-state index contributed by atoms with van der Waals surface area (Å²) >= 11 is 0. The second kappa shape index (κ2) is 12.0. The third kappa shape index (κ3) is 6.08. The number of benzene rings is 2. The predicted molar refractivity (Wildman–Crippen MR) is 153 cm³/mol. The van der Waals surface area contributed by atoms with Gasteiger partial charge >= 0.3 is 5.97 Å². The van der Waals surface area contributed by atoms with Crippen LogP contribution in [0.1, 0.15) is 22.8 Å². The van der Waals surface area contributed by atoms with Gasteiger partial charge in [-0.05, 0) is 62.0 Å². The number of nitrogens with zero attached hydrogens (tertiary/aromatic N) is 6. The zero-order chi connectivity index (χ0) is 28.9. The number of pyridine rings is 1. The normalized spacial score (nSPS) is 14.2. The minimum Gasteiger partial charge on any atom is -0.480 e. The second-order valence-corrected chi connectivity index (χ2v) is 9.76. The van der Waals surface area contributed by atoms with E-state index in [1.807, 2.05) is 43.1 Å². The molecule has 1 aliphatic rings. The van der Waals surface area contributed by atoms with Crippen LogP contribution in [0.5, 0.6) is 11.6 Å². The Labute approximate surface area is 237 Å². The molecule has 11 heteroatoms. The number of ether oxygens (including phenoxy) is 2. The molecule has 1 amide bonds. The SMILES string of the molecule is COc1ncc(-c2ccc3ncnc(N[C@@H](C)C(=O)N4CCN(C)CC4)c3c2)cc1C(=O)Oc1ccc(C#N)cc1. The van der Waals surface area contributed by atoms with Crippen LogP contribution in [0.25, 0.3) is 22.0 Å². The Morgan fingerprint density at radius 2 is 1.76 bits per heavy atom. The quantitative estimate of drug-likeness (QED) is 0.269. The monoisotopic (exact) mass is 551 g/mol. The number of piperazine rings is 1. The van der Waals surface area contributed by atoms with Crippen LogP contribution in [-0.2, 0) is 4.79 Å². The smallest absolute Gasteiger partial charge is 0.349 e. The predicted octanol–water partition coefficient (Wildman–Crippen LogP) is 3.37. The van der Waals surface area contributed by atoms with Gasteiger partial charge in [0.25, 0.3) is 0 Å². The van der Waals surface area contributed by atoms with E-state index in [-0.39, 0.29) is 17.4 Å². The Hall–Kier alpha value is -5.08. The van der Waals surface area contributed by atoms with Crippen molar-refractivity contribution in [3.63, 3.8) is 0 Å². The minimum absolute atomic E-state index is 0.0192. The van der Waals surface area contributed by atoms with Crippen LogP contribution in [0.2, 0.25) is 0 Å². The number of amides is 1. The summed E-state index contributed by atoms with van der Waals surface area (Å²) in [6.45, 7) is 4.90. The molecule has 0 spiro atoms. The van der Waals surface area contributed by atoms with E-state index in [1.54, 1.807) is 36.5 Å². The Kier molecular flexibility index (Phi) is 8.03. The summed E-state index contributed by atoms with van der Waals surface area (Å²) in [5, 5.41) is 13.0. The van der Waals surface area contributed by atoms with Gasteiger partial charge in [0.1, 0.15) is 29.5 Å². The lowest BCUT2D eigenvalue weighted by molar-refractivity contribution is -0.133. The van der Waals surface area contributed by atoms with Crippen LogP contribution in [-0.4, -0.2) is 83.0 Å². The molecule has 0 bridgehead atoms. The average Bonchev–Trinajstić information content (AvgIpc) is 3.01. The van der Waals surface area contributed by atoms with Crippen molar-refractivity contribution in [2.75, 3.05) is 45.7 Å². The Morgan fingerprint density at radius 1 is 1.00 bits per heavy atom. The molecule has 0 saturated carbocycles. The van der Waals surface area contributed by atoms with E-state index in [0.29, 0.717) is 41.3 Å². The summed E-state index contributed by atoms with van der Waals surface area (Å²) in [7, 11) is 3.48. The van der Waals surface area contributed by atoms with Crippen LogP contribution in [0.4, 0.5) is 5.82 Å². The van der Waals surface area contributed by atoms with Crippen LogP contribution in [0.15, 0.2) is 61.1 Å². The van der Waals surface area contributed by atoms with E-state index >= 15 is 0 Å². The molecule has 1 atom stereocenters. The maximum Gasteiger partial charge on any atom is 0.349 e. The van der Waals surface area contributed by atoms with Gasteiger partial charge in [0.15, 0.2) is 0 Å². The lowest BCUT2D eigenvalue weighted by Gasteiger charge is -2.34. The van der Waals surface area contributed by atoms with Gasteiger partial charge < -0.3 is 24.6 Å². The molecule has 3 heterocycles. The number of likely N-dealkylation sites (N-methyl/N-ethyl adjacent to an activating group) is 1. The molecule has 11 nitrogen and oxygen atoms in total. The molecule has 0 radical (unpaired) electrons. The summed E-state index contributed by atoms with van der Waals surface area (Å²) in [4.78, 5) is 43.3. The van der Waals surface area contributed by atoms with Crippen LogP contribution in [0.3, 0.4) is 0 Å². The molecule has 41 heavy (non-hydrogen) atoms. The van der Waals surface area contributed by atoms with E-state index in [9.17, 15) is 9.59 Å². The third-order valence-electron chi connectivity index (χ3n) is 6.97. The molecular weight excluding hydrogens is 522 g/mol. The first-order chi connectivity index (χ1) is 19.9. The molecule has 5 rings (SSSR count). The summed E-state index contributed by atoms with van der Waals surface area (Å²) < 4.78 is 10.8. The van der Waals surface area contributed by atoms with E-state index in [2.05, 4.69) is 25.2 Å². The fourth-order valence-corrected chi connectivity index (χ4v) is 4.60. The van der Waals surface area contributed by atoms with E-state index in [1.165, 1.54) is 13.4 Å². The van der Waals surface area contributed by atoms with Crippen molar-refractivity contribution < 1.29 is 19.1 Å². The molecule has 2 aromatic heterocycles. The second-order valence-electron chi connectivity index (χ2n) is 9.76. The lowest BCUT2D eigenvalue weighted by atomic mass is 10.0. The molecule has 4 aromatic rings. The topological polar surface area (TPSA) is 134 Å². The van der Waals surface area contributed by atoms with Crippen molar-refractivity contribution in [3.05, 3.63) is 72.2 Å². The van der Waals surface area contributed by atoms with Gasteiger partial charge in [-0.3, -0.25) is 4.79 Å². The zero-order valence-corrected chi connectivity index (χ0v) is 23.0. The number of rotatable bonds is 7. The summed E-state index contributed by atoms with van der Waals surface area (Å²) in [5.74, 6) is 0.318. The van der Waals surface area contributed by atoms with Crippen molar-refractivity contribution in [1.29, 1.82) is 5.26 Å². The molecule has 1 fully saturated rings. The van der Waals surface area contributed by atoms with Crippen molar-refractivity contribution >= 4 is 28.6 Å². The number of nitriles is 1. The highest BCUT2D eigenvalue weighted by atomic mass is 16.5. The van der Waals surface area contributed by atoms with Crippen molar-refractivity contribution in [1.82, 2.24) is 24.8 Å². The fourth-order valence-electron chi connectivity index (χ4n) is 4.60. The maximum atomic E-state index is 13.1. The Bertz CT molecular complexity index is 1630. The lowest BCUT2D eigenvalue weighted by Crippen LogP contribution is -2.51. The van der Waals surface area contributed by atoms with Crippen LogP contribution < -0.4 is 14.8 Å². The average molecular weight is 552 g/mol. The van der Waals surface area contributed by atoms with Crippen LogP contribution >= 0.6 is 0 Å². The number of fused-ring (bicyclic) bond motifs is 1. The van der Waals surface area contributed by atoms with Gasteiger partial charge in [0.2, 0.25) is 11.8 Å². The van der Waals surface area contributed by atoms with Gasteiger partial charge in [-0.2, -0.15) is 5.26 Å². The van der Waals surface area contributed by atoms with Gasteiger partial charge in [-0.25, -0.2) is 19.7 Å². The largest absolute Gasteiger partial charge is 0.480 e. The Morgan fingerprint density at radius 3 is 2.46 bits per heavy atom. The van der Waals surface area contributed by atoms with Crippen molar-refractivity contribution in [2.45, 2.75) is 13.0 Å². The minimum atomic E-state index is -0.649. The number of aromatic nitrogens is 3. The highest BCUT2D eigenvalue weighted by Gasteiger charge is 2.24. The van der Waals surface area contributed by atoms with Gasteiger partial charge in [-0.15, -0.1) is 0 Å². The molecule has 2 aromatic carbocycles. The van der Waals surface area contributed by atoms with E-state index in [4.69, 9.17) is 14.7 Å².